The van der Waals surface area contributed by atoms with Crippen LogP contribution in [0.4, 0.5) is 0 Å². The molecular formula is C22H20N4O4S2. The third kappa shape index (κ3) is 4.62. The highest BCUT2D eigenvalue weighted by Crippen LogP contribution is 2.24. The second-order valence-electron chi connectivity index (χ2n) is 6.88. The van der Waals surface area contributed by atoms with Gasteiger partial charge in [0.25, 0.3) is 0 Å². The van der Waals surface area contributed by atoms with Gasteiger partial charge in [0.1, 0.15) is 27.7 Å². The molecule has 32 heavy (non-hydrogen) atoms. The van der Waals surface area contributed by atoms with Crippen LogP contribution in [0.3, 0.4) is 0 Å². The van der Waals surface area contributed by atoms with Crippen LogP contribution >= 0.6 is 11.7 Å². The first-order valence-corrected chi connectivity index (χ1v) is 11.9. The summed E-state index contributed by atoms with van der Waals surface area (Å²) in [5.74, 6) is 0.140. The molecule has 1 amide bonds. The fourth-order valence-corrected chi connectivity index (χ4v) is 5.22. The molecule has 3 aromatic carbocycles. The number of nitrogens with zero attached hydrogens (tertiary/aromatic N) is 2. The average Bonchev–Trinajstić information content (AvgIpc) is 3.30. The number of fused-ring (bicyclic) bond motifs is 1. The second-order valence-corrected chi connectivity index (χ2v) is 9.09. The van der Waals surface area contributed by atoms with E-state index < -0.39 is 22.0 Å². The topological polar surface area (TPSA) is 110 Å². The van der Waals surface area contributed by atoms with Crippen molar-refractivity contribution < 1.29 is 17.9 Å². The van der Waals surface area contributed by atoms with E-state index in [4.69, 9.17) is 4.74 Å². The summed E-state index contributed by atoms with van der Waals surface area (Å²) >= 11 is 0.931. The first kappa shape index (κ1) is 21.9. The molecule has 0 unspecified atom stereocenters. The molecule has 0 aliphatic carbocycles. The number of para-hydroxylation sites is 1. The number of carbonyl (C=O) groups excluding carboxylic acids is 1. The monoisotopic (exact) mass is 468 g/mol. The third-order valence-electron chi connectivity index (χ3n) is 4.85. The van der Waals surface area contributed by atoms with Gasteiger partial charge >= 0.3 is 0 Å². The molecule has 1 heterocycles. The molecule has 0 aliphatic rings. The Morgan fingerprint density at radius 1 is 1.00 bits per heavy atom. The largest absolute Gasteiger partial charge is 0.496 e. The minimum absolute atomic E-state index is 0.0257. The summed E-state index contributed by atoms with van der Waals surface area (Å²) in [5.41, 5.74) is 2.04. The van der Waals surface area contributed by atoms with Crippen LogP contribution in [0.15, 0.2) is 77.7 Å². The highest BCUT2D eigenvalue weighted by Gasteiger charge is 2.29. The number of sulfonamides is 1. The molecule has 2 N–H and O–H groups in total. The van der Waals surface area contributed by atoms with Crippen molar-refractivity contribution in [3.63, 3.8) is 0 Å². The number of amides is 1. The number of hydrogen-bond acceptors (Lipinski definition) is 7. The summed E-state index contributed by atoms with van der Waals surface area (Å²) in [5, 5.41) is 2.81. The Morgan fingerprint density at radius 2 is 1.75 bits per heavy atom. The number of benzene rings is 3. The number of rotatable bonds is 8. The van der Waals surface area contributed by atoms with Crippen molar-refractivity contribution in [2.24, 2.45) is 0 Å². The van der Waals surface area contributed by atoms with Crippen LogP contribution in [0, 0.1) is 0 Å². The number of hydrogen-bond donors (Lipinski definition) is 2. The van der Waals surface area contributed by atoms with Crippen molar-refractivity contribution in [1.29, 1.82) is 0 Å². The molecule has 10 heteroatoms. The molecule has 1 aromatic heterocycles. The van der Waals surface area contributed by atoms with E-state index in [0.717, 1.165) is 17.3 Å². The Balaban J connectivity index is 1.62. The van der Waals surface area contributed by atoms with Gasteiger partial charge in [-0.2, -0.15) is 13.5 Å². The molecule has 8 nitrogen and oxygen atoms in total. The maximum atomic E-state index is 13.2. The van der Waals surface area contributed by atoms with Gasteiger partial charge in [-0.15, -0.1) is 0 Å². The highest BCUT2D eigenvalue weighted by molar-refractivity contribution is 7.89. The smallest absolute Gasteiger partial charge is 0.243 e. The zero-order valence-electron chi connectivity index (χ0n) is 17.1. The Hall–Kier alpha value is -3.34. The van der Waals surface area contributed by atoms with Crippen molar-refractivity contribution in [1.82, 2.24) is 18.8 Å². The summed E-state index contributed by atoms with van der Waals surface area (Å²) in [6.07, 6.45) is 0. The number of aromatic nitrogens is 2. The maximum absolute atomic E-state index is 13.2. The molecule has 4 rings (SSSR count). The van der Waals surface area contributed by atoms with Gasteiger partial charge in [0, 0.05) is 12.1 Å². The fraction of sp³-hybridized carbons (Fsp3) is 0.136. The molecule has 0 radical (unpaired) electrons. The van der Waals surface area contributed by atoms with Gasteiger partial charge in [-0.05, 0) is 23.8 Å². The number of carbonyl (C=O) groups is 1. The summed E-state index contributed by atoms with van der Waals surface area (Å²) in [6.45, 7) is 0.180. The zero-order chi connectivity index (χ0) is 22.6. The Morgan fingerprint density at radius 3 is 2.53 bits per heavy atom. The number of ether oxygens (including phenoxy) is 1. The molecule has 164 valence electrons. The molecule has 0 aliphatic heterocycles. The van der Waals surface area contributed by atoms with Crippen LogP contribution in [0.2, 0.25) is 0 Å². The molecule has 1 atom stereocenters. The van der Waals surface area contributed by atoms with Crippen molar-refractivity contribution in [3.8, 4) is 5.75 Å². The lowest BCUT2D eigenvalue weighted by atomic mass is 10.1. The molecular weight excluding hydrogens is 448 g/mol. The van der Waals surface area contributed by atoms with Gasteiger partial charge in [0.05, 0.1) is 18.8 Å². The fourth-order valence-electron chi connectivity index (χ4n) is 3.27. The maximum Gasteiger partial charge on any atom is 0.243 e. The summed E-state index contributed by atoms with van der Waals surface area (Å²) < 4.78 is 42.5. The average molecular weight is 469 g/mol. The van der Waals surface area contributed by atoms with Crippen molar-refractivity contribution in [2.75, 3.05) is 7.11 Å². The molecule has 0 fully saturated rings. The van der Waals surface area contributed by atoms with Crippen LogP contribution in [0.1, 0.15) is 17.2 Å². The van der Waals surface area contributed by atoms with E-state index >= 15 is 0 Å². The predicted octanol–water partition coefficient (Wildman–Crippen LogP) is 3.04. The molecule has 0 bridgehead atoms. The van der Waals surface area contributed by atoms with Gasteiger partial charge in [0.2, 0.25) is 15.9 Å². The van der Waals surface area contributed by atoms with E-state index in [1.807, 2.05) is 18.2 Å². The van der Waals surface area contributed by atoms with Crippen LogP contribution in [-0.4, -0.2) is 30.2 Å². The lowest BCUT2D eigenvalue weighted by Gasteiger charge is -2.19. The van der Waals surface area contributed by atoms with E-state index in [0.29, 0.717) is 16.8 Å². The zero-order valence-corrected chi connectivity index (χ0v) is 18.7. The molecule has 0 saturated carbocycles. The van der Waals surface area contributed by atoms with Gasteiger partial charge in [-0.1, -0.05) is 54.6 Å². The van der Waals surface area contributed by atoms with Crippen LogP contribution in [-0.2, 0) is 21.4 Å². The predicted molar refractivity (Wildman–Crippen MR) is 122 cm³/mol. The van der Waals surface area contributed by atoms with Crippen molar-refractivity contribution >= 4 is 38.7 Å². The SMILES string of the molecule is COc1ccccc1CNC(=O)[C@@H](NS(=O)(=O)c1cccc2nsnc12)c1ccccc1. The molecule has 4 aromatic rings. The van der Waals surface area contributed by atoms with Crippen LogP contribution in [0.5, 0.6) is 5.75 Å². The van der Waals surface area contributed by atoms with E-state index in [9.17, 15) is 13.2 Å². The minimum atomic E-state index is -4.08. The van der Waals surface area contributed by atoms with Gasteiger partial charge < -0.3 is 10.1 Å². The van der Waals surface area contributed by atoms with Crippen LogP contribution < -0.4 is 14.8 Å². The Bertz CT molecular complexity index is 1340. The van der Waals surface area contributed by atoms with E-state index in [1.165, 1.54) is 6.07 Å². The van der Waals surface area contributed by atoms with Gasteiger partial charge in [-0.3, -0.25) is 4.79 Å². The van der Waals surface area contributed by atoms with E-state index in [1.54, 1.807) is 55.6 Å². The lowest BCUT2D eigenvalue weighted by molar-refractivity contribution is -0.123. The lowest BCUT2D eigenvalue weighted by Crippen LogP contribution is -2.40. The summed E-state index contributed by atoms with van der Waals surface area (Å²) in [7, 11) is -2.53. The van der Waals surface area contributed by atoms with Crippen LogP contribution in [0.25, 0.3) is 11.0 Å². The Labute approximate surface area is 189 Å². The van der Waals surface area contributed by atoms with Crippen molar-refractivity contribution in [2.45, 2.75) is 17.5 Å². The summed E-state index contributed by atoms with van der Waals surface area (Å²) in [4.78, 5) is 13.1. The normalized spacial score (nSPS) is 12.4. The minimum Gasteiger partial charge on any atom is -0.496 e. The van der Waals surface area contributed by atoms with E-state index in [-0.39, 0.29) is 17.0 Å². The standard InChI is InChI=1S/C22H20N4O4S2/c1-30-18-12-6-5-10-16(18)14-23-22(27)20(15-8-3-2-4-9-15)26-32(28,29)19-13-7-11-17-21(19)25-31-24-17/h2-13,20,26H,14H2,1H3,(H,23,27)/t20-/m0/s1. The van der Waals surface area contributed by atoms with Crippen molar-refractivity contribution in [3.05, 3.63) is 83.9 Å². The molecule has 0 spiro atoms. The molecule has 0 saturated heterocycles. The van der Waals surface area contributed by atoms with E-state index in [2.05, 4.69) is 18.8 Å². The first-order valence-electron chi connectivity index (χ1n) is 9.68. The summed E-state index contributed by atoms with van der Waals surface area (Å²) in [6, 6.07) is 19.6. The highest BCUT2D eigenvalue weighted by atomic mass is 32.2. The first-order chi connectivity index (χ1) is 15.5. The van der Waals surface area contributed by atoms with Gasteiger partial charge in [0.15, 0.2) is 0 Å². The second kappa shape index (κ2) is 9.43. The quantitative estimate of drug-likeness (QED) is 0.411. The third-order valence-corrected chi connectivity index (χ3v) is 6.85. The number of nitrogens with one attached hydrogen (secondary N) is 2. The Kier molecular flexibility index (Phi) is 6.45. The van der Waals surface area contributed by atoms with Gasteiger partial charge in [-0.25, -0.2) is 8.42 Å². The number of methoxy groups -OCH3 is 1.